The average Bonchev–Trinajstić information content (AvgIpc) is 2.99. The van der Waals surface area contributed by atoms with E-state index >= 15 is 0 Å². The molecule has 0 saturated heterocycles. The second-order valence-corrected chi connectivity index (χ2v) is 7.22. The third-order valence-electron chi connectivity index (χ3n) is 4.93. The van der Waals surface area contributed by atoms with Gasteiger partial charge in [0.25, 0.3) is 0 Å². The number of thiazole rings is 1. The second-order valence-electron chi connectivity index (χ2n) is 6.36. The van der Waals surface area contributed by atoms with Gasteiger partial charge in [0, 0.05) is 10.9 Å². The minimum atomic E-state index is -0.197. The van der Waals surface area contributed by atoms with E-state index in [0.717, 1.165) is 29.5 Å². The van der Waals surface area contributed by atoms with Gasteiger partial charge in [0.1, 0.15) is 5.01 Å². The first-order valence-electron chi connectivity index (χ1n) is 7.93. The van der Waals surface area contributed by atoms with Gasteiger partial charge in [-0.15, -0.1) is 11.3 Å². The molecule has 1 aliphatic rings. The van der Waals surface area contributed by atoms with Gasteiger partial charge in [-0.3, -0.25) is 0 Å². The van der Waals surface area contributed by atoms with Crippen LogP contribution in [-0.4, -0.2) is 4.98 Å². The van der Waals surface area contributed by atoms with Crippen LogP contribution in [0.1, 0.15) is 49.6 Å². The molecule has 21 heavy (non-hydrogen) atoms. The predicted octanol–water partition coefficient (Wildman–Crippen LogP) is 4.87. The fourth-order valence-corrected chi connectivity index (χ4v) is 4.29. The van der Waals surface area contributed by atoms with Crippen LogP contribution in [-0.2, 0) is 5.54 Å². The van der Waals surface area contributed by atoms with Crippen molar-refractivity contribution >= 4 is 11.3 Å². The first kappa shape index (κ1) is 14.7. The zero-order chi connectivity index (χ0) is 14.9. The number of aryl methyl sites for hydroxylation is 1. The molecule has 0 spiro atoms. The normalized spacial score (nSPS) is 26.0. The van der Waals surface area contributed by atoms with Gasteiger partial charge in [-0.05, 0) is 44.1 Å². The van der Waals surface area contributed by atoms with Crippen molar-refractivity contribution in [1.29, 1.82) is 0 Å². The van der Waals surface area contributed by atoms with Gasteiger partial charge < -0.3 is 5.73 Å². The number of hydrogen-bond donors (Lipinski definition) is 1. The fourth-order valence-electron chi connectivity index (χ4n) is 3.30. The maximum atomic E-state index is 6.67. The van der Waals surface area contributed by atoms with E-state index in [2.05, 4.69) is 43.5 Å². The molecular formula is C18H24N2S. The summed E-state index contributed by atoms with van der Waals surface area (Å²) in [7, 11) is 0. The monoisotopic (exact) mass is 300 g/mol. The molecule has 1 fully saturated rings. The topological polar surface area (TPSA) is 38.9 Å². The number of nitrogens with zero attached hydrogens (tertiary/aromatic N) is 1. The van der Waals surface area contributed by atoms with Crippen LogP contribution in [0.15, 0.2) is 29.6 Å². The Morgan fingerprint density at radius 2 is 2.00 bits per heavy atom. The summed E-state index contributed by atoms with van der Waals surface area (Å²) in [5, 5.41) is 3.29. The van der Waals surface area contributed by atoms with E-state index in [0.29, 0.717) is 0 Å². The summed E-state index contributed by atoms with van der Waals surface area (Å²) in [4.78, 5) is 4.88. The molecule has 2 N–H and O–H groups in total. The zero-order valence-corrected chi connectivity index (χ0v) is 13.7. The summed E-state index contributed by atoms with van der Waals surface area (Å²) in [6, 6.07) is 8.43. The second kappa shape index (κ2) is 5.90. The highest BCUT2D eigenvalue weighted by Gasteiger charge is 2.35. The Morgan fingerprint density at radius 3 is 2.67 bits per heavy atom. The molecule has 0 unspecified atom stereocenters. The lowest BCUT2D eigenvalue weighted by Gasteiger charge is -2.35. The van der Waals surface area contributed by atoms with Crippen LogP contribution in [0.2, 0.25) is 0 Å². The highest BCUT2D eigenvalue weighted by atomic mass is 32.1. The summed E-state index contributed by atoms with van der Waals surface area (Å²) in [5.41, 5.74) is 10.1. The van der Waals surface area contributed by atoms with Gasteiger partial charge in [0.15, 0.2) is 0 Å². The van der Waals surface area contributed by atoms with E-state index in [-0.39, 0.29) is 5.54 Å². The summed E-state index contributed by atoms with van der Waals surface area (Å²) in [6.07, 6.45) is 5.92. The molecule has 3 heteroatoms. The van der Waals surface area contributed by atoms with Gasteiger partial charge in [-0.2, -0.15) is 0 Å². The van der Waals surface area contributed by atoms with Gasteiger partial charge in [0.2, 0.25) is 0 Å². The molecule has 2 aromatic rings. The Balaban J connectivity index is 1.84. The third-order valence-corrected chi connectivity index (χ3v) is 5.99. The third kappa shape index (κ3) is 2.90. The quantitative estimate of drug-likeness (QED) is 0.878. The number of hydrogen-bond acceptors (Lipinski definition) is 3. The Bertz CT molecular complexity index is 609. The molecular weight excluding hydrogens is 276 g/mol. The van der Waals surface area contributed by atoms with E-state index in [4.69, 9.17) is 10.7 Å². The van der Waals surface area contributed by atoms with E-state index < -0.39 is 0 Å². The molecule has 0 radical (unpaired) electrons. The number of benzene rings is 1. The first-order valence-corrected chi connectivity index (χ1v) is 8.81. The molecule has 1 aromatic carbocycles. The Hall–Kier alpha value is -1.19. The molecule has 1 aromatic heterocycles. The van der Waals surface area contributed by atoms with Gasteiger partial charge in [0.05, 0.1) is 11.2 Å². The molecule has 2 nitrogen and oxygen atoms in total. The van der Waals surface area contributed by atoms with Crippen LogP contribution < -0.4 is 5.73 Å². The van der Waals surface area contributed by atoms with Crippen LogP contribution in [0.25, 0.3) is 11.3 Å². The zero-order valence-electron chi connectivity index (χ0n) is 12.9. The van der Waals surface area contributed by atoms with Crippen molar-refractivity contribution in [2.45, 2.75) is 51.5 Å². The Morgan fingerprint density at radius 1 is 1.29 bits per heavy atom. The Labute approximate surface area is 131 Å². The molecule has 0 amide bonds. The smallest absolute Gasteiger partial charge is 0.113 e. The first-order chi connectivity index (χ1) is 10.1. The van der Waals surface area contributed by atoms with Crippen molar-refractivity contribution in [3.8, 4) is 11.3 Å². The number of rotatable bonds is 3. The highest BCUT2D eigenvalue weighted by Crippen LogP contribution is 2.40. The molecule has 3 rings (SSSR count). The van der Waals surface area contributed by atoms with Crippen molar-refractivity contribution in [2.24, 2.45) is 11.7 Å². The minimum absolute atomic E-state index is 0.197. The highest BCUT2D eigenvalue weighted by molar-refractivity contribution is 7.10. The molecule has 0 aliphatic heterocycles. The summed E-state index contributed by atoms with van der Waals surface area (Å²) < 4.78 is 0. The van der Waals surface area contributed by atoms with Crippen molar-refractivity contribution < 1.29 is 0 Å². The van der Waals surface area contributed by atoms with Crippen LogP contribution in [0.5, 0.6) is 0 Å². The maximum absolute atomic E-state index is 6.67. The predicted molar refractivity (Wildman–Crippen MR) is 90.4 cm³/mol. The van der Waals surface area contributed by atoms with E-state index in [1.54, 1.807) is 11.3 Å². The van der Waals surface area contributed by atoms with Crippen LogP contribution in [0.4, 0.5) is 0 Å². The molecule has 0 atom stereocenters. The van der Waals surface area contributed by atoms with Gasteiger partial charge in [-0.1, -0.05) is 37.6 Å². The fraction of sp³-hybridized carbons (Fsp3) is 0.500. The lowest BCUT2D eigenvalue weighted by Crippen LogP contribution is -2.40. The SMILES string of the molecule is CCC1CCC(N)(c2nc(-c3ccccc3C)cs2)CC1. The van der Waals surface area contributed by atoms with Crippen molar-refractivity contribution in [3.05, 3.63) is 40.2 Å². The van der Waals surface area contributed by atoms with Crippen LogP contribution in [0.3, 0.4) is 0 Å². The molecule has 112 valence electrons. The van der Waals surface area contributed by atoms with Crippen LogP contribution >= 0.6 is 11.3 Å². The summed E-state index contributed by atoms with van der Waals surface area (Å²) in [6.45, 7) is 4.42. The molecule has 0 bridgehead atoms. The number of nitrogens with two attached hydrogens (primary N) is 1. The van der Waals surface area contributed by atoms with E-state index in [1.807, 2.05) is 0 Å². The van der Waals surface area contributed by atoms with Crippen molar-refractivity contribution in [3.63, 3.8) is 0 Å². The van der Waals surface area contributed by atoms with Crippen molar-refractivity contribution in [1.82, 2.24) is 4.98 Å². The average molecular weight is 300 g/mol. The van der Waals surface area contributed by atoms with E-state index in [1.165, 1.54) is 30.4 Å². The maximum Gasteiger partial charge on any atom is 0.113 e. The van der Waals surface area contributed by atoms with Crippen molar-refractivity contribution in [2.75, 3.05) is 0 Å². The summed E-state index contributed by atoms with van der Waals surface area (Å²) >= 11 is 1.73. The Kier molecular flexibility index (Phi) is 4.14. The number of aromatic nitrogens is 1. The molecule has 1 heterocycles. The molecule has 1 saturated carbocycles. The standard InChI is InChI=1S/C18H24N2S/c1-3-14-8-10-18(19,11-9-14)17-20-16(12-21-17)15-7-5-4-6-13(15)2/h4-7,12,14H,3,8-11,19H2,1-2H3. The largest absolute Gasteiger partial charge is 0.319 e. The lowest BCUT2D eigenvalue weighted by atomic mass is 9.76. The van der Waals surface area contributed by atoms with Crippen LogP contribution in [0, 0.1) is 12.8 Å². The minimum Gasteiger partial charge on any atom is -0.319 e. The lowest BCUT2D eigenvalue weighted by molar-refractivity contribution is 0.231. The van der Waals surface area contributed by atoms with Gasteiger partial charge >= 0.3 is 0 Å². The molecule has 1 aliphatic carbocycles. The van der Waals surface area contributed by atoms with E-state index in [9.17, 15) is 0 Å². The van der Waals surface area contributed by atoms with Gasteiger partial charge in [-0.25, -0.2) is 4.98 Å². The summed E-state index contributed by atoms with van der Waals surface area (Å²) in [5.74, 6) is 0.859.